The summed E-state index contributed by atoms with van der Waals surface area (Å²) < 4.78 is 13.7. The van der Waals surface area contributed by atoms with Crippen LogP contribution in [0.1, 0.15) is 33.3 Å². The number of amides is 1. The first-order valence-electron chi connectivity index (χ1n) is 11.2. The van der Waals surface area contributed by atoms with Gasteiger partial charge in [0.05, 0.1) is 12.2 Å². The van der Waals surface area contributed by atoms with Gasteiger partial charge in [-0.15, -0.1) is 0 Å². The second-order valence-electron chi connectivity index (χ2n) is 8.27. The number of anilines is 1. The monoisotopic (exact) mass is 451 g/mol. The Morgan fingerprint density at radius 3 is 2.65 bits per heavy atom. The largest absolute Gasteiger partial charge is 0.485 e. The van der Waals surface area contributed by atoms with E-state index in [4.69, 9.17) is 9.15 Å². The van der Waals surface area contributed by atoms with Crippen LogP contribution in [0.25, 0.3) is 10.8 Å². The molecule has 34 heavy (non-hydrogen) atoms. The summed E-state index contributed by atoms with van der Waals surface area (Å²) in [6, 6.07) is 27.2. The summed E-state index contributed by atoms with van der Waals surface area (Å²) >= 11 is 0. The first-order valence-corrected chi connectivity index (χ1v) is 11.2. The van der Waals surface area contributed by atoms with Crippen molar-refractivity contribution in [1.29, 1.82) is 0 Å². The van der Waals surface area contributed by atoms with E-state index in [9.17, 15) is 4.79 Å². The molecule has 0 radical (unpaired) electrons. The molecule has 0 aliphatic rings. The fraction of sp³-hybridized carbons (Fsp3) is 0.143. The smallest absolute Gasteiger partial charge is 0.291 e. The number of carbonyl (C=O) groups is 1. The molecule has 0 unspecified atom stereocenters. The number of carbonyl (C=O) groups excluding carboxylic acids is 1. The van der Waals surface area contributed by atoms with Gasteiger partial charge in [-0.2, -0.15) is 5.10 Å². The van der Waals surface area contributed by atoms with Crippen LogP contribution in [-0.4, -0.2) is 15.7 Å². The number of aryl methyl sites for hydroxylation is 2. The predicted molar refractivity (Wildman–Crippen MR) is 132 cm³/mol. The van der Waals surface area contributed by atoms with Gasteiger partial charge in [-0.05, 0) is 61.2 Å². The zero-order valence-corrected chi connectivity index (χ0v) is 19.1. The summed E-state index contributed by atoms with van der Waals surface area (Å²) in [6.07, 6.45) is 0. The summed E-state index contributed by atoms with van der Waals surface area (Å²) in [5.74, 6) is 1.29. The molecule has 1 N–H and O–H groups in total. The topological polar surface area (TPSA) is 69.3 Å². The third kappa shape index (κ3) is 4.71. The summed E-state index contributed by atoms with van der Waals surface area (Å²) in [5.41, 5.74) is 3.84. The molecule has 2 aromatic heterocycles. The van der Waals surface area contributed by atoms with Gasteiger partial charge in [0.25, 0.3) is 5.91 Å². The van der Waals surface area contributed by atoms with Crippen molar-refractivity contribution < 1.29 is 13.9 Å². The first kappa shape index (κ1) is 21.5. The number of nitrogens with zero attached hydrogens (tertiary/aromatic N) is 2. The van der Waals surface area contributed by atoms with E-state index in [0.717, 1.165) is 33.5 Å². The quantitative estimate of drug-likeness (QED) is 0.323. The second kappa shape index (κ2) is 9.27. The summed E-state index contributed by atoms with van der Waals surface area (Å²) in [5, 5.41) is 9.56. The minimum Gasteiger partial charge on any atom is -0.485 e. The maximum absolute atomic E-state index is 12.7. The predicted octanol–water partition coefficient (Wildman–Crippen LogP) is 6.13. The van der Waals surface area contributed by atoms with Gasteiger partial charge in [0.1, 0.15) is 18.1 Å². The maximum atomic E-state index is 12.7. The lowest BCUT2D eigenvalue weighted by Gasteiger charge is -2.09. The van der Waals surface area contributed by atoms with Crippen LogP contribution in [0.4, 0.5) is 5.69 Å². The van der Waals surface area contributed by atoms with Gasteiger partial charge in [-0.3, -0.25) is 9.48 Å². The fourth-order valence-corrected chi connectivity index (χ4v) is 4.00. The number of nitrogens with one attached hydrogen (secondary N) is 1. The van der Waals surface area contributed by atoms with E-state index in [2.05, 4.69) is 10.4 Å². The molecule has 0 aliphatic carbocycles. The molecule has 2 heterocycles. The van der Waals surface area contributed by atoms with Crippen molar-refractivity contribution in [3.63, 3.8) is 0 Å². The molecular formula is C28H25N3O3. The standard InChI is InChI=1S/C28H25N3O3/c1-19-15-20(2)31(30-19)17-21-7-5-10-23(16-21)29-28(32)27-14-13-24(34-27)18-33-26-12-6-9-22-8-3-4-11-25(22)26/h3-16H,17-18H2,1-2H3,(H,29,32). The molecule has 0 atom stereocenters. The third-order valence-corrected chi connectivity index (χ3v) is 5.63. The van der Waals surface area contributed by atoms with Gasteiger partial charge < -0.3 is 14.5 Å². The lowest BCUT2D eigenvalue weighted by atomic mass is 10.1. The number of hydrogen-bond donors (Lipinski definition) is 1. The van der Waals surface area contributed by atoms with E-state index in [1.807, 2.05) is 91.3 Å². The fourth-order valence-electron chi connectivity index (χ4n) is 4.00. The number of ether oxygens (including phenoxy) is 1. The van der Waals surface area contributed by atoms with Crippen molar-refractivity contribution in [2.24, 2.45) is 0 Å². The molecule has 170 valence electrons. The van der Waals surface area contributed by atoms with Crippen LogP contribution in [0.2, 0.25) is 0 Å². The molecule has 0 spiro atoms. The summed E-state index contributed by atoms with van der Waals surface area (Å²) in [6.45, 7) is 4.88. The van der Waals surface area contributed by atoms with Crippen LogP contribution >= 0.6 is 0 Å². The highest BCUT2D eigenvalue weighted by Gasteiger charge is 2.13. The highest BCUT2D eigenvalue weighted by Crippen LogP contribution is 2.26. The zero-order chi connectivity index (χ0) is 23.5. The molecule has 6 heteroatoms. The number of benzene rings is 3. The minimum absolute atomic E-state index is 0.236. The molecule has 0 saturated carbocycles. The molecule has 0 bridgehead atoms. The summed E-state index contributed by atoms with van der Waals surface area (Å²) in [7, 11) is 0. The Labute approximate surface area is 197 Å². The Bertz CT molecular complexity index is 1460. The number of furan rings is 1. The van der Waals surface area contributed by atoms with E-state index in [1.165, 1.54) is 0 Å². The van der Waals surface area contributed by atoms with Gasteiger partial charge >= 0.3 is 0 Å². The van der Waals surface area contributed by atoms with Crippen molar-refractivity contribution in [3.05, 3.63) is 113 Å². The van der Waals surface area contributed by atoms with Crippen LogP contribution in [-0.2, 0) is 13.2 Å². The molecule has 0 fully saturated rings. The Hall–Kier alpha value is -4.32. The molecular weight excluding hydrogens is 426 g/mol. The van der Waals surface area contributed by atoms with Gasteiger partial charge in [-0.1, -0.05) is 48.5 Å². The zero-order valence-electron chi connectivity index (χ0n) is 19.1. The number of fused-ring (bicyclic) bond motifs is 1. The summed E-state index contributed by atoms with van der Waals surface area (Å²) in [4.78, 5) is 12.7. The van der Waals surface area contributed by atoms with Crippen LogP contribution in [0.15, 0.2) is 89.3 Å². The highest BCUT2D eigenvalue weighted by molar-refractivity contribution is 6.02. The van der Waals surface area contributed by atoms with Crippen molar-refractivity contribution in [3.8, 4) is 5.75 Å². The second-order valence-corrected chi connectivity index (χ2v) is 8.27. The normalized spacial score (nSPS) is 11.0. The maximum Gasteiger partial charge on any atom is 0.291 e. The third-order valence-electron chi connectivity index (χ3n) is 5.63. The Morgan fingerprint density at radius 1 is 0.971 bits per heavy atom. The van der Waals surface area contributed by atoms with E-state index in [0.29, 0.717) is 18.0 Å². The average molecular weight is 452 g/mol. The lowest BCUT2D eigenvalue weighted by molar-refractivity contribution is 0.0992. The molecule has 3 aromatic carbocycles. The van der Waals surface area contributed by atoms with Gasteiger partial charge in [-0.25, -0.2) is 0 Å². The van der Waals surface area contributed by atoms with E-state index < -0.39 is 0 Å². The molecule has 5 rings (SSSR count). The van der Waals surface area contributed by atoms with Crippen molar-refractivity contribution >= 4 is 22.4 Å². The van der Waals surface area contributed by atoms with Crippen LogP contribution in [0, 0.1) is 13.8 Å². The lowest BCUT2D eigenvalue weighted by Crippen LogP contribution is -2.11. The van der Waals surface area contributed by atoms with Gasteiger partial charge in [0.2, 0.25) is 0 Å². The SMILES string of the molecule is Cc1cc(C)n(Cc2cccc(NC(=O)c3ccc(COc4cccc5ccccc45)o3)c2)n1. The van der Waals surface area contributed by atoms with Crippen molar-refractivity contribution in [2.45, 2.75) is 27.0 Å². The highest BCUT2D eigenvalue weighted by atomic mass is 16.5. The minimum atomic E-state index is -0.306. The number of aromatic nitrogens is 2. The molecule has 0 aliphatic heterocycles. The molecule has 5 aromatic rings. The first-order chi connectivity index (χ1) is 16.5. The number of hydrogen-bond acceptors (Lipinski definition) is 4. The van der Waals surface area contributed by atoms with Crippen molar-refractivity contribution in [1.82, 2.24) is 9.78 Å². The van der Waals surface area contributed by atoms with E-state index in [-0.39, 0.29) is 18.3 Å². The Kier molecular flexibility index (Phi) is 5.87. The van der Waals surface area contributed by atoms with Crippen molar-refractivity contribution in [2.75, 3.05) is 5.32 Å². The van der Waals surface area contributed by atoms with Crippen LogP contribution < -0.4 is 10.1 Å². The Morgan fingerprint density at radius 2 is 1.79 bits per heavy atom. The van der Waals surface area contributed by atoms with Gasteiger partial charge in [0, 0.05) is 16.8 Å². The Balaban J connectivity index is 1.23. The molecule has 1 amide bonds. The average Bonchev–Trinajstić information content (AvgIpc) is 3.44. The van der Waals surface area contributed by atoms with Gasteiger partial charge in [0.15, 0.2) is 5.76 Å². The molecule has 6 nitrogen and oxygen atoms in total. The van der Waals surface area contributed by atoms with E-state index in [1.54, 1.807) is 12.1 Å². The molecule has 0 saturated heterocycles. The van der Waals surface area contributed by atoms with Crippen LogP contribution in [0.3, 0.4) is 0 Å². The van der Waals surface area contributed by atoms with E-state index >= 15 is 0 Å². The van der Waals surface area contributed by atoms with Crippen LogP contribution in [0.5, 0.6) is 5.75 Å². The number of rotatable bonds is 7.